The predicted molar refractivity (Wildman–Crippen MR) is 89.6 cm³/mol. The van der Waals surface area contributed by atoms with Gasteiger partial charge in [-0.3, -0.25) is 0 Å². The van der Waals surface area contributed by atoms with Gasteiger partial charge in [-0.05, 0) is 31.0 Å². The molecule has 6 nitrogen and oxygen atoms in total. The first kappa shape index (κ1) is 15.8. The molecular formula is C18H18N4O2. The maximum atomic E-state index is 12.4. The highest BCUT2D eigenvalue weighted by Gasteiger charge is 2.25. The van der Waals surface area contributed by atoms with Crippen molar-refractivity contribution < 1.29 is 9.53 Å². The van der Waals surface area contributed by atoms with Crippen molar-refractivity contribution in [3.8, 4) is 11.9 Å². The highest BCUT2D eigenvalue weighted by atomic mass is 16.5. The number of piperidine rings is 1. The standard InChI is InChI=1S/C18H18N4O2/c19-12-14-8-9-20-17(11-14)24-16-7-4-10-22(13-16)18(23)21-15-5-2-1-3-6-15/h1-3,5-6,8-9,11,16H,4,7,10,13H2,(H,21,23)/t16-/m0/s1. The van der Waals surface area contributed by atoms with Crippen LogP contribution in [0.25, 0.3) is 0 Å². The molecule has 1 N–H and O–H groups in total. The zero-order valence-electron chi connectivity index (χ0n) is 13.2. The number of ether oxygens (including phenoxy) is 1. The van der Waals surface area contributed by atoms with E-state index in [9.17, 15) is 4.79 Å². The van der Waals surface area contributed by atoms with Gasteiger partial charge in [-0.2, -0.15) is 5.26 Å². The van der Waals surface area contributed by atoms with Crippen LogP contribution >= 0.6 is 0 Å². The van der Waals surface area contributed by atoms with Crippen LogP contribution in [0.1, 0.15) is 18.4 Å². The fourth-order valence-corrected chi connectivity index (χ4v) is 2.66. The Balaban J connectivity index is 1.59. The molecule has 2 aromatic rings. The molecule has 1 aromatic carbocycles. The minimum absolute atomic E-state index is 0.123. The number of para-hydroxylation sites is 1. The molecule has 0 aliphatic carbocycles. The number of benzene rings is 1. The number of likely N-dealkylation sites (tertiary alicyclic amines) is 1. The minimum Gasteiger partial charge on any atom is -0.472 e. The summed E-state index contributed by atoms with van der Waals surface area (Å²) in [6.07, 6.45) is 3.15. The van der Waals surface area contributed by atoms with E-state index in [-0.39, 0.29) is 12.1 Å². The Morgan fingerprint density at radius 3 is 2.96 bits per heavy atom. The summed E-state index contributed by atoms with van der Waals surface area (Å²) < 4.78 is 5.84. The van der Waals surface area contributed by atoms with Crippen LogP contribution in [0.15, 0.2) is 48.7 Å². The minimum atomic E-state index is -0.131. The number of carbonyl (C=O) groups excluding carboxylic acids is 1. The SMILES string of the molecule is N#Cc1ccnc(O[C@H]2CCCN(C(=O)Nc3ccccc3)C2)c1. The lowest BCUT2D eigenvalue weighted by Gasteiger charge is -2.32. The number of nitriles is 1. The lowest BCUT2D eigenvalue weighted by Crippen LogP contribution is -2.46. The monoisotopic (exact) mass is 322 g/mol. The van der Waals surface area contributed by atoms with Crippen LogP contribution in [0.4, 0.5) is 10.5 Å². The van der Waals surface area contributed by atoms with Crippen LogP contribution < -0.4 is 10.1 Å². The van der Waals surface area contributed by atoms with Crippen molar-refractivity contribution in [2.24, 2.45) is 0 Å². The summed E-state index contributed by atoms with van der Waals surface area (Å²) in [7, 11) is 0. The second-order valence-corrected chi connectivity index (χ2v) is 5.62. The molecule has 0 saturated carbocycles. The van der Waals surface area contributed by atoms with Gasteiger partial charge in [0.2, 0.25) is 5.88 Å². The van der Waals surface area contributed by atoms with Crippen LogP contribution in [-0.4, -0.2) is 35.1 Å². The van der Waals surface area contributed by atoms with Crippen LogP contribution in [-0.2, 0) is 0 Å². The Morgan fingerprint density at radius 2 is 2.17 bits per heavy atom. The summed E-state index contributed by atoms with van der Waals surface area (Å²) >= 11 is 0. The number of hydrogen-bond donors (Lipinski definition) is 1. The maximum absolute atomic E-state index is 12.4. The number of pyridine rings is 1. The van der Waals surface area contributed by atoms with Crippen molar-refractivity contribution >= 4 is 11.7 Å². The van der Waals surface area contributed by atoms with Crippen LogP contribution in [0.2, 0.25) is 0 Å². The molecule has 1 aliphatic heterocycles. The van der Waals surface area contributed by atoms with Gasteiger partial charge in [0, 0.05) is 24.5 Å². The molecule has 0 radical (unpaired) electrons. The first-order chi connectivity index (χ1) is 11.7. The van der Waals surface area contributed by atoms with Crippen molar-refractivity contribution in [2.75, 3.05) is 18.4 Å². The van der Waals surface area contributed by atoms with Crippen molar-refractivity contribution in [3.05, 3.63) is 54.2 Å². The molecule has 1 saturated heterocycles. The van der Waals surface area contributed by atoms with Gasteiger partial charge in [-0.25, -0.2) is 9.78 Å². The van der Waals surface area contributed by atoms with Crippen LogP contribution in [0, 0.1) is 11.3 Å². The van der Waals surface area contributed by atoms with E-state index >= 15 is 0 Å². The van der Waals surface area contributed by atoms with Gasteiger partial charge >= 0.3 is 6.03 Å². The number of rotatable bonds is 3. The normalized spacial score (nSPS) is 17.0. The lowest BCUT2D eigenvalue weighted by atomic mass is 10.1. The van der Waals surface area contributed by atoms with E-state index < -0.39 is 0 Å². The van der Waals surface area contributed by atoms with Gasteiger partial charge < -0.3 is 15.0 Å². The molecular weight excluding hydrogens is 304 g/mol. The second kappa shape index (κ2) is 7.47. The topological polar surface area (TPSA) is 78.2 Å². The molecule has 3 rings (SSSR count). The van der Waals surface area contributed by atoms with Crippen LogP contribution in [0.5, 0.6) is 5.88 Å². The quantitative estimate of drug-likeness (QED) is 0.942. The van der Waals surface area contributed by atoms with Gasteiger partial charge in [0.05, 0.1) is 18.2 Å². The Bertz CT molecular complexity index is 742. The molecule has 2 heterocycles. The zero-order valence-corrected chi connectivity index (χ0v) is 13.2. The number of anilines is 1. The number of aromatic nitrogens is 1. The van der Waals surface area contributed by atoms with Crippen molar-refractivity contribution in [1.82, 2.24) is 9.88 Å². The number of hydrogen-bond acceptors (Lipinski definition) is 4. The maximum Gasteiger partial charge on any atom is 0.321 e. The Hall–Kier alpha value is -3.07. The lowest BCUT2D eigenvalue weighted by molar-refractivity contribution is 0.102. The molecule has 24 heavy (non-hydrogen) atoms. The fourth-order valence-electron chi connectivity index (χ4n) is 2.66. The molecule has 1 aliphatic rings. The third-order valence-electron chi connectivity index (χ3n) is 3.84. The third kappa shape index (κ3) is 4.02. The van der Waals surface area contributed by atoms with E-state index in [1.54, 1.807) is 23.2 Å². The fraction of sp³-hybridized carbons (Fsp3) is 0.278. The van der Waals surface area contributed by atoms with Crippen molar-refractivity contribution in [1.29, 1.82) is 5.26 Å². The van der Waals surface area contributed by atoms with Crippen molar-refractivity contribution in [3.63, 3.8) is 0 Å². The van der Waals surface area contributed by atoms with Crippen molar-refractivity contribution in [2.45, 2.75) is 18.9 Å². The smallest absolute Gasteiger partial charge is 0.321 e. The highest BCUT2D eigenvalue weighted by molar-refractivity contribution is 5.89. The average molecular weight is 322 g/mol. The molecule has 6 heteroatoms. The largest absolute Gasteiger partial charge is 0.472 e. The first-order valence-corrected chi connectivity index (χ1v) is 7.88. The summed E-state index contributed by atoms with van der Waals surface area (Å²) in [6, 6.07) is 14.6. The third-order valence-corrected chi connectivity index (χ3v) is 3.84. The van der Waals surface area contributed by atoms with Gasteiger partial charge in [-0.15, -0.1) is 0 Å². The number of urea groups is 1. The zero-order chi connectivity index (χ0) is 16.8. The Morgan fingerprint density at radius 1 is 1.33 bits per heavy atom. The van der Waals surface area contributed by atoms with Crippen LogP contribution in [0.3, 0.4) is 0 Å². The Kier molecular flexibility index (Phi) is 4.92. The number of amides is 2. The van der Waals surface area contributed by atoms with E-state index in [1.165, 1.54) is 0 Å². The number of carbonyl (C=O) groups is 1. The summed E-state index contributed by atoms with van der Waals surface area (Å²) in [5.41, 5.74) is 1.28. The molecule has 0 spiro atoms. The molecule has 122 valence electrons. The molecule has 2 amide bonds. The highest BCUT2D eigenvalue weighted by Crippen LogP contribution is 2.18. The summed E-state index contributed by atoms with van der Waals surface area (Å²) in [4.78, 5) is 18.2. The predicted octanol–water partition coefficient (Wildman–Crippen LogP) is 3.03. The summed E-state index contributed by atoms with van der Waals surface area (Å²) in [6.45, 7) is 1.20. The first-order valence-electron chi connectivity index (χ1n) is 7.88. The van der Waals surface area contributed by atoms with Gasteiger partial charge in [0.15, 0.2) is 0 Å². The summed E-state index contributed by atoms with van der Waals surface area (Å²) in [5.74, 6) is 0.421. The number of nitrogens with zero attached hydrogens (tertiary/aromatic N) is 3. The van der Waals surface area contributed by atoms with E-state index in [2.05, 4.69) is 16.4 Å². The average Bonchev–Trinajstić information content (AvgIpc) is 2.63. The summed E-state index contributed by atoms with van der Waals surface area (Å²) in [5, 5.41) is 11.8. The van der Waals surface area contributed by atoms with E-state index in [0.29, 0.717) is 24.5 Å². The molecule has 0 unspecified atom stereocenters. The van der Waals surface area contributed by atoms with Gasteiger partial charge in [0.1, 0.15) is 6.10 Å². The van der Waals surface area contributed by atoms with E-state index in [1.807, 2.05) is 30.3 Å². The molecule has 1 aromatic heterocycles. The van der Waals surface area contributed by atoms with E-state index in [0.717, 1.165) is 18.5 Å². The molecule has 1 atom stereocenters. The molecule has 0 bridgehead atoms. The second-order valence-electron chi connectivity index (χ2n) is 5.62. The Labute approximate surface area is 140 Å². The number of nitrogens with one attached hydrogen (secondary N) is 1. The van der Waals surface area contributed by atoms with E-state index in [4.69, 9.17) is 10.00 Å². The van der Waals surface area contributed by atoms with Gasteiger partial charge in [-0.1, -0.05) is 18.2 Å². The van der Waals surface area contributed by atoms with Gasteiger partial charge in [0.25, 0.3) is 0 Å². The molecule has 1 fully saturated rings.